The third kappa shape index (κ3) is 3.24. The summed E-state index contributed by atoms with van der Waals surface area (Å²) in [4.78, 5) is 2.26. The first-order valence-electron chi connectivity index (χ1n) is 5.98. The molecule has 1 aliphatic heterocycles. The van der Waals surface area contributed by atoms with Crippen LogP contribution in [0, 0.1) is 0 Å². The van der Waals surface area contributed by atoms with E-state index in [0.29, 0.717) is 13.2 Å². The van der Waals surface area contributed by atoms with Gasteiger partial charge in [0, 0.05) is 13.1 Å². The maximum atomic E-state index is 5.57. The lowest BCUT2D eigenvalue weighted by Gasteiger charge is -2.20. The van der Waals surface area contributed by atoms with Crippen LogP contribution in [-0.2, 0) is 6.54 Å². The van der Waals surface area contributed by atoms with Crippen molar-refractivity contribution in [2.45, 2.75) is 13.5 Å². The lowest BCUT2D eigenvalue weighted by molar-refractivity contribution is 0.171. The molecule has 1 aromatic rings. The monoisotopic (exact) mass is 233 g/mol. The number of hydrogen-bond donors (Lipinski definition) is 0. The van der Waals surface area contributed by atoms with Crippen LogP contribution < -0.4 is 9.47 Å². The summed E-state index contributed by atoms with van der Waals surface area (Å²) in [6.45, 7) is 5.21. The maximum absolute atomic E-state index is 5.57. The van der Waals surface area contributed by atoms with E-state index in [1.165, 1.54) is 5.56 Å². The highest BCUT2D eigenvalue weighted by atomic mass is 16.6. The largest absolute Gasteiger partial charge is 0.486 e. The first-order chi connectivity index (χ1) is 8.29. The molecule has 1 heterocycles. The van der Waals surface area contributed by atoms with Crippen molar-refractivity contribution < 1.29 is 9.47 Å². The fraction of sp³-hybridized carbons (Fsp3) is 0.429. The Bertz CT molecular complexity index is 401. The summed E-state index contributed by atoms with van der Waals surface area (Å²) in [5, 5.41) is 0. The van der Waals surface area contributed by atoms with Crippen LogP contribution >= 0.6 is 0 Å². The van der Waals surface area contributed by atoms with Crippen LogP contribution in [0.5, 0.6) is 11.5 Å². The smallest absolute Gasteiger partial charge is 0.161 e. The molecule has 1 aliphatic rings. The molecule has 3 nitrogen and oxygen atoms in total. The molecule has 0 aliphatic carbocycles. The lowest BCUT2D eigenvalue weighted by atomic mass is 10.2. The van der Waals surface area contributed by atoms with E-state index in [2.05, 4.69) is 36.2 Å². The van der Waals surface area contributed by atoms with Gasteiger partial charge in [0.15, 0.2) is 11.5 Å². The van der Waals surface area contributed by atoms with Crippen LogP contribution in [0.15, 0.2) is 30.4 Å². The molecule has 3 heteroatoms. The van der Waals surface area contributed by atoms with E-state index in [9.17, 15) is 0 Å². The number of allylic oxidation sites excluding steroid dienone is 1. The molecule has 92 valence electrons. The minimum absolute atomic E-state index is 0.644. The second-order valence-electron chi connectivity index (χ2n) is 4.24. The standard InChI is InChI=1S/C14H19NO2/c1-3-4-7-15(2)11-12-5-6-13-14(10-12)17-9-8-16-13/h3-6,10H,7-9,11H2,1-2H3/b4-3+. The molecule has 0 spiro atoms. The lowest BCUT2D eigenvalue weighted by Crippen LogP contribution is -2.19. The van der Waals surface area contributed by atoms with Crippen molar-refractivity contribution in [1.29, 1.82) is 0 Å². The Kier molecular flexibility index (Phi) is 4.04. The molecule has 0 amide bonds. The molecule has 0 aromatic heterocycles. The van der Waals surface area contributed by atoms with Crippen LogP contribution in [0.1, 0.15) is 12.5 Å². The van der Waals surface area contributed by atoms with Gasteiger partial charge in [-0.1, -0.05) is 18.2 Å². The summed E-state index contributed by atoms with van der Waals surface area (Å²) in [6, 6.07) is 6.16. The Morgan fingerprint density at radius 2 is 2.00 bits per heavy atom. The molecule has 0 saturated carbocycles. The second kappa shape index (κ2) is 5.73. The third-order valence-corrected chi connectivity index (χ3v) is 2.71. The number of fused-ring (bicyclic) bond motifs is 1. The van der Waals surface area contributed by atoms with Gasteiger partial charge in [0.1, 0.15) is 13.2 Å². The topological polar surface area (TPSA) is 21.7 Å². The van der Waals surface area contributed by atoms with Crippen molar-refractivity contribution >= 4 is 0 Å². The highest BCUT2D eigenvalue weighted by molar-refractivity contribution is 5.43. The predicted molar refractivity (Wildman–Crippen MR) is 68.6 cm³/mol. The van der Waals surface area contributed by atoms with Gasteiger partial charge in [-0.15, -0.1) is 0 Å². The van der Waals surface area contributed by atoms with E-state index < -0.39 is 0 Å². The Hall–Kier alpha value is -1.48. The molecule has 2 rings (SSSR count). The highest BCUT2D eigenvalue weighted by Gasteiger charge is 2.11. The molecule has 0 unspecified atom stereocenters. The van der Waals surface area contributed by atoms with Crippen molar-refractivity contribution in [3.8, 4) is 11.5 Å². The Balaban J connectivity index is 2.01. The van der Waals surface area contributed by atoms with Gasteiger partial charge in [0.05, 0.1) is 0 Å². The number of hydrogen-bond acceptors (Lipinski definition) is 3. The molecule has 0 fully saturated rings. The van der Waals surface area contributed by atoms with Gasteiger partial charge >= 0.3 is 0 Å². The molecule has 17 heavy (non-hydrogen) atoms. The molecule has 1 aromatic carbocycles. The number of ether oxygens (including phenoxy) is 2. The summed E-state index contributed by atoms with van der Waals surface area (Å²) in [6.07, 6.45) is 4.22. The fourth-order valence-electron chi connectivity index (χ4n) is 1.85. The molecule has 0 atom stereocenters. The average Bonchev–Trinajstić information content (AvgIpc) is 2.36. The molecular formula is C14H19NO2. The van der Waals surface area contributed by atoms with Gasteiger partial charge in [-0.3, -0.25) is 4.90 Å². The summed E-state index contributed by atoms with van der Waals surface area (Å²) in [7, 11) is 2.11. The van der Waals surface area contributed by atoms with Gasteiger partial charge in [0.25, 0.3) is 0 Å². The zero-order valence-electron chi connectivity index (χ0n) is 10.5. The van der Waals surface area contributed by atoms with Crippen molar-refractivity contribution in [2.75, 3.05) is 26.8 Å². The van der Waals surface area contributed by atoms with E-state index in [4.69, 9.17) is 9.47 Å². The Labute approximate surface area is 103 Å². The summed E-state index contributed by atoms with van der Waals surface area (Å²) in [5.74, 6) is 1.73. The Morgan fingerprint density at radius 1 is 1.24 bits per heavy atom. The van der Waals surface area contributed by atoms with Gasteiger partial charge < -0.3 is 9.47 Å². The van der Waals surface area contributed by atoms with Crippen molar-refractivity contribution in [1.82, 2.24) is 4.90 Å². The second-order valence-corrected chi connectivity index (χ2v) is 4.24. The van der Waals surface area contributed by atoms with Gasteiger partial charge in [-0.05, 0) is 31.7 Å². The van der Waals surface area contributed by atoms with Crippen LogP contribution in [0.2, 0.25) is 0 Å². The van der Waals surface area contributed by atoms with E-state index >= 15 is 0 Å². The van der Waals surface area contributed by atoms with Gasteiger partial charge in [-0.2, -0.15) is 0 Å². The number of rotatable bonds is 4. The van der Waals surface area contributed by atoms with E-state index in [-0.39, 0.29) is 0 Å². The molecule has 0 N–H and O–H groups in total. The van der Waals surface area contributed by atoms with Crippen LogP contribution in [-0.4, -0.2) is 31.7 Å². The molecular weight excluding hydrogens is 214 g/mol. The third-order valence-electron chi connectivity index (χ3n) is 2.71. The minimum Gasteiger partial charge on any atom is -0.486 e. The van der Waals surface area contributed by atoms with Crippen molar-refractivity contribution in [3.05, 3.63) is 35.9 Å². The molecule has 0 bridgehead atoms. The average molecular weight is 233 g/mol. The van der Waals surface area contributed by atoms with E-state index in [1.807, 2.05) is 13.0 Å². The summed E-state index contributed by atoms with van der Waals surface area (Å²) in [5.41, 5.74) is 1.25. The zero-order chi connectivity index (χ0) is 12.1. The van der Waals surface area contributed by atoms with E-state index in [0.717, 1.165) is 24.6 Å². The fourth-order valence-corrected chi connectivity index (χ4v) is 1.85. The first kappa shape index (κ1) is 12.0. The van der Waals surface area contributed by atoms with E-state index in [1.54, 1.807) is 0 Å². The van der Waals surface area contributed by atoms with Crippen molar-refractivity contribution in [2.24, 2.45) is 0 Å². The Morgan fingerprint density at radius 3 is 2.76 bits per heavy atom. The predicted octanol–water partition coefficient (Wildman–Crippen LogP) is 2.47. The van der Waals surface area contributed by atoms with Gasteiger partial charge in [0.2, 0.25) is 0 Å². The minimum atomic E-state index is 0.644. The van der Waals surface area contributed by atoms with Gasteiger partial charge in [-0.25, -0.2) is 0 Å². The van der Waals surface area contributed by atoms with Crippen LogP contribution in [0.3, 0.4) is 0 Å². The maximum Gasteiger partial charge on any atom is 0.161 e. The van der Waals surface area contributed by atoms with Crippen LogP contribution in [0.4, 0.5) is 0 Å². The van der Waals surface area contributed by atoms with Crippen molar-refractivity contribution in [3.63, 3.8) is 0 Å². The summed E-state index contributed by atoms with van der Waals surface area (Å²) < 4.78 is 11.1. The molecule has 0 radical (unpaired) electrons. The number of benzene rings is 1. The first-order valence-corrected chi connectivity index (χ1v) is 5.98. The highest BCUT2D eigenvalue weighted by Crippen LogP contribution is 2.30. The number of nitrogens with zero attached hydrogens (tertiary/aromatic N) is 1. The zero-order valence-corrected chi connectivity index (χ0v) is 10.5. The normalized spacial score (nSPS) is 14.5. The summed E-state index contributed by atoms with van der Waals surface area (Å²) >= 11 is 0. The SMILES string of the molecule is C/C=C/CN(C)Cc1ccc2c(c1)OCCO2. The quantitative estimate of drug-likeness (QED) is 0.746. The van der Waals surface area contributed by atoms with Crippen LogP contribution in [0.25, 0.3) is 0 Å². The molecule has 0 saturated heterocycles. The number of likely N-dealkylation sites (N-methyl/N-ethyl adjacent to an activating group) is 1.